The van der Waals surface area contributed by atoms with Gasteiger partial charge in [0.1, 0.15) is 17.2 Å². The summed E-state index contributed by atoms with van der Waals surface area (Å²) < 4.78 is 27.2. The maximum absolute atomic E-state index is 13.6. The van der Waals surface area contributed by atoms with Crippen LogP contribution >= 0.6 is 0 Å². The number of carbonyl (C=O) groups excluding carboxylic acids is 1. The van der Waals surface area contributed by atoms with Crippen molar-refractivity contribution in [3.63, 3.8) is 0 Å². The zero-order valence-electron chi connectivity index (χ0n) is 11.7. The first-order valence-corrected chi connectivity index (χ1v) is 7.04. The summed E-state index contributed by atoms with van der Waals surface area (Å²) >= 11 is 0. The summed E-state index contributed by atoms with van der Waals surface area (Å²) in [6, 6.07) is 10.4. The second-order valence-corrected chi connectivity index (χ2v) is 5.45. The zero-order chi connectivity index (χ0) is 15.7. The molecular formula is C17H15F2NO2. The number of benzene rings is 2. The predicted molar refractivity (Wildman–Crippen MR) is 77.0 cm³/mol. The topological polar surface area (TPSA) is 49.3 Å². The Bertz CT molecular complexity index is 672. The van der Waals surface area contributed by atoms with Crippen molar-refractivity contribution in [3.05, 3.63) is 71.3 Å². The van der Waals surface area contributed by atoms with Gasteiger partial charge in [-0.25, -0.2) is 8.78 Å². The van der Waals surface area contributed by atoms with Crippen LogP contribution in [0.15, 0.2) is 48.5 Å². The lowest BCUT2D eigenvalue weighted by Gasteiger charge is -2.35. The molecule has 1 amide bonds. The first-order chi connectivity index (χ1) is 10.5. The van der Waals surface area contributed by atoms with E-state index in [9.17, 15) is 18.7 Å². The van der Waals surface area contributed by atoms with Crippen molar-refractivity contribution < 1.29 is 18.7 Å². The molecule has 0 bridgehead atoms. The Morgan fingerprint density at radius 2 is 1.59 bits per heavy atom. The maximum Gasteiger partial charge on any atom is 0.220 e. The van der Waals surface area contributed by atoms with Crippen LogP contribution in [-0.2, 0) is 10.4 Å². The Labute approximate surface area is 126 Å². The summed E-state index contributed by atoms with van der Waals surface area (Å²) in [5.41, 5.74) is -1.12. The van der Waals surface area contributed by atoms with E-state index in [1.807, 2.05) is 0 Å². The number of amides is 1. The summed E-state index contributed by atoms with van der Waals surface area (Å²) in [5.74, 6) is -1.19. The monoisotopic (exact) mass is 303 g/mol. The van der Waals surface area contributed by atoms with Gasteiger partial charge in [0.2, 0.25) is 5.91 Å². The smallest absolute Gasteiger partial charge is 0.220 e. The predicted octanol–water partition coefficient (Wildman–Crippen LogP) is 2.48. The number of aliphatic hydroxyl groups is 1. The van der Waals surface area contributed by atoms with E-state index < -0.39 is 23.3 Å². The van der Waals surface area contributed by atoms with Crippen molar-refractivity contribution in [2.75, 3.05) is 0 Å². The maximum atomic E-state index is 13.6. The molecule has 3 nitrogen and oxygen atoms in total. The average molecular weight is 303 g/mol. The van der Waals surface area contributed by atoms with Gasteiger partial charge in [0.05, 0.1) is 6.04 Å². The summed E-state index contributed by atoms with van der Waals surface area (Å²) in [6.45, 7) is 0. The minimum absolute atomic E-state index is 0.184. The van der Waals surface area contributed by atoms with Crippen LogP contribution in [0.2, 0.25) is 0 Å². The fourth-order valence-electron chi connectivity index (χ4n) is 2.95. The molecule has 3 rings (SSSR count). The van der Waals surface area contributed by atoms with Crippen molar-refractivity contribution in [2.45, 2.75) is 24.5 Å². The van der Waals surface area contributed by atoms with Gasteiger partial charge in [-0.1, -0.05) is 24.3 Å². The number of hydrogen-bond acceptors (Lipinski definition) is 2. The van der Waals surface area contributed by atoms with E-state index in [-0.39, 0.29) is 23.5 Å². The molecule has 1 atom stereocenters. The van der Waals surface area contributed by atoms with Crippen LogP contribution < -0.4 is 5.32 Å². The number of carbonyl (C=O) groups is 1. The van der Waals surface area contributed by atoms with E-state index in [0.717, 1.165) is 0 Å². The van der Waals surface area contributed by atoms with Gasteiger partial charge in [-0.2, -0.15) is 0 Å². The van der Waals surface area contributed by atoms with Crippen molar-refractivity contribution in [1.82, 2.24) is 5.32 Å². The number of halogens is 2. The molecule has 1 fully saturated rings. The Hall–Kier alpha value is -2.27. The second kappa shape index (κ2) is 5.50. The molecule has 22 heavy (non-hydrogen) atoms. The summed E-state index contributed by atoms with van der Waals surface area (Å²) in [4.78, 5) is 11.5. The van der Waals surface area contributed by atoms with Crippen LogP contribution in [0.25, 0.3) is 0 Å². The first kappa shape index (κ1) is 14.7. The fourth-order valence-corrected chi connectivity index (χ4v) is 2.95. The molecule has 1 saturated heterocycles. The van der Waals surface area contributed by atoms with Crippen molar-refractivity contribution >= 4 is 5.91 Å². The largest absolute Gasteiger partial charge is 0.378 e. The van der Waals surface area contributed by atoms with Gasteiger partial charge in [-0.3, -0.25) is 4.79 Å². The molecule has 0 aromatic heterocycles. The van der Waals surface area contributed by atoms with Gasteiger partial charge in [0.25, 0.3) is 0 Å². The fraction of sp³-hybridized carbons (Fsp3) is 0.235. The van der Waals surface area contributed by atoms with E-state index in [0.29, 0.717) is 6.42 Å². The minimum atomic E-state index is -1.68. The van der Waals surface area contributed by atoms with Gasteiger partial charge in [-0.05, 0) is 41.8 Å². The molecule has 2 aromatic rings. The summed E-state index contributed by atoms with van der Waals surface area (Å²) in [5, 5.41) is 14.0. The molecule has 0 saturated carbocycles. The quantitative estimate of drug-likeness (QED) is 0.915. The number of hydrogen-bond donors (Lipinski definition) is 2. The third kappa shape index (κ3) is 2.48. The van der Waals surface area contributed by atoms with Crippen LogP contribution in [0, 0.1) is 11.6 Å². The second-order valence-electron chi connectivity index (χ2n) is 5.45. The highest BCUT2D eigenvalue weighted by Gasteiger charge is 2.44. The van der Waals surface area contributed by atoms with Gasteiger partial charge in [0.15, 0.2) is 0 Å². The molecule has 1 aliphatic heterocycles. The molecule has 1 aliphatic rings. The van der Waals surface area contributed by atoms with E-state index in [2.05, 4.69) is 5.32 Å². The van der Waals surface area contributed by atoms with Gasteiger partial charge < -0.3 is 10.4 Å². The lowest BCUT2D eigenvalue weighted by Crippen LogP contribution is -2.47. The third-order valence-electron chi connectivity index (χ3n) is 4.03. The van der Waals surface area contributed by atoms with Crippen LogP contribution in [0.5, 0.6) is 0 Å². The van der Waals surface area contributed by atoms with Crippen molar-refractivity contribution in [1.29, 1.82) is 0 Å². The SMILES string of the molecule is O=C1CC[C@H](C(O)(c2cccc(F)c2)c2cccc(F)c2)N1. The first-order valence-electron chi connectivity index (χ1n) is 7.04. The van der Waals surface area contributed by atoms with Crippen LogP contribution in [0.4, 0.5) is 8.78 Å². The molecule has 0 unspecified atom stereocenters. The van der Waals surface area contributed by atoms with E-state index in [1.54, 1.807) is 12.1 Å². The molecule has 5 heteroatoms. The Morgan fingerprint density at radius 3 is 2.00 bits per heavy atom. The highest BCUT2D eigenvalue weighted by molar-refractivity contribution is 5.79. The Morgan fingerprint density at radius 1 is 1.05 bits per heavy atom. The van der Waals surface area contributed by atoms with Crippen LogP contribution in [0.3, 0.4) is 0 Å². The molecule has 2 aromatic carbocycles. The summed E-state index contributed by atoms with van der Waals surface area (Å²) in [7, 11) is 0. The molecule has 0 aliphatic carbocycles. The van der Waals surface area contributed by atoms with Gasteiger partial charge in [-0.15, -0.1) is 0 Å². The normalized spacial score (nSPS) is 18.3. The van der Waals surface area contributed by atoms with E-state index in [4.69, 9.17) is 0 Å². The Balaban J connectivity index is 2.15. The van der Waals surface area contributed by atoms with Crippen molar-refractivity contribution in [3.8, 4) is 0 Å². The zero-order valence-corrected chi connectivity index (χ0v) is 11.7. The van der Waals surface area contributed by atoms with Gasteiger partial charge in [0, 0.05) is 6.42 Å². The highest BCUT2D eigenvalue weighted by atomic mass is 19.1. The third-order valence-corrected chi connectivity index (χ3v) is 4.03. The standard InChI is InChI=1S/C17H15F2NO2/c18-13-5-1-3-11(9-13)17(22,15-7-8-16(21)20-15)12-4-2-6-14(19)10-12/h1-6,9-10,15,22H,7-8H2,(H,20,21)/t15-/m1/s1. The molecule has 2 N–H and O–H groups in total. The van der Waals surface area contributed by atoms with E-state index in [1.165, 1.54) is 36.4 Å². The minimum Gasteiger partial charge on any atom is -0.378 e. The van der Waals surface area contributed by atoms with Crippen LogP contribution in [0.1, 0.15) is 24.0 Å². The molecule has 114 valence electrons. The average Bonchev–Trinajstić information content (AvgIpc) is 2.93. The van der Waals surface area contributed by atoms with Crippen molar-refractivity contribution in [2.24, 2.45) is 0 Å². The number of nitrogens with one attached hydrogen (secondary N) is 1. The van der Waals surface area contributed by atoms with Gasteiger partial charge >= 0.3 is 0 Å². The number of rotatable bonds is 3. The lowest BCUT2D eigenvalue weighted by atomic mass is 9.79. The van der Waals surface area contributed by atoms with Crippen LogP contribution in [-0.4, -0.2) is 17.1 Å². The Kier molecular flexibility index (Phi) is 3.66. The molecular weight excluding hydrogens is 288 g/mol. The summed E-state index contributed by atoms with van der Waals surface area (Å²) in [6.07, 6.45) is 0.667. The molecule has 0 radical (unpaired) electrons. The molecule has 1 heterocycles. The van der Waals surface area contributed by atoms with E-state index >= 15 is 0 Å². The highest BCUT2D eigenvalue weighted by Crippen LogP contribution is 2.37. The molecule has 0 spiro atoms. The lowest BCUT2D eigenvalue weighted by molar-refractivity contribution is -0.120.